The maximum Gasteiger partial charge on any atom is 0.314 e. The molecule has 0 aliphatic carbocycles. The standard InChI is InChI=1S/C14H22N2O2/c1-4-15-14(17)16-9-6-10-18-13-11(2)7-5-8-12(13)3/h5,7-8H,4,6,9-10H2,1-3H3,(H2,15,16,17). The van der Waals surface area contributed by atoms with Gasteiger partial charge < -0.3 is 15.4 Å². The Morgan fingerprint density at radius 3 is 2.50 bits per heavy atom. The fourth-order valence-corrected chi connectivity index (χ4v) is 1.70. The van der Waals surface area contributed by atoms with E-state index in [1.807, 2.05) is 39.0 Å². The first-order valence-corrected chi connectivity index (χ1v) is 6.36. The minimum absolute atomic E-state index is 0.121. The van der Waals surface area contributed by atoms with Crippen molar-refractivity contribution in [2.45, 2.75) is 27.2 Å². The van der Waals surface area contributed by atoms with Crippen LogP contribution >= 0.6 is 0 Å². The average Bonchev–Trinajstić information content (AvgIpc) is 2.32. The summed E-state index contributed by atoms with van der Waals surface area (Å²) in [7, 11) is 0. The third-order valence-electron chi connectivity index (χ3n) is 2.60. The van der Waals surface area contributed by atoms with Crippen molar-refractivity contribution in [1.82, 2.24) is 10.6 Å². The van der Waals surface area contributed by atoms with Crippen molar-refractivity contribution in [3.05, 3.63) is 29.3 Å². The van der Waals surface area contributed by atoms with Gasteiger partial charge in [-0.2, -0.15) is 0 Å². The van der Waals surface area contributed by atoms with Gasteiger partial charge in [-0.25, -0.2) is 4.79 Å². The largest absolute Gasteiger partial charge is 0.493 e. The number of aryl methyl sites for hydroxylation is 2. The van der Waals surface area contributed by atoms with E-state index in [1.54, 1.807) is 0 Å². The Morgan fingerprint density at radius 2 is 1.89 bits per heavy atom. The van der Waals surface area contributed by atoms with Crippen LogP contribution in [0.5, 0.6) is 5.75 Å². The SMILES string of the molecule is CCNC(=O)NCCCOc1c(C)cccc1C. The molecule has 0 bridgehead atoms. The number of carbonyl (C=O) groups excluding carboxylic acids is 1. The molecular formula is C14H22N2O2. The highest BCUT2D eigenvalue weighted by Gasteiger charge is 2.02. The lowest BCUT2D eigenvalue weighted by molar-refractivity contribution is 0.239. The second-order valence-electron chi connectivity index (χ2n) is 4.21. The van der Waals surface area contributed by atoms with E-state index in [1.165, 1.54) is 0 Å². The van der Waals surface area contributed by atoms with Crippen molar-refractivity contribution in [3.8, 4) is 5.75 Å². The van der Waals surface area contributed by atoms with E-state index in [0.29, 0.717) is 19.7 Å². The third-order valence-corrected chi connectivity index (χ3v) is 2.60. The Kier molecular flexibility index (Phi) is 6.05. The highest BCUT2D eigenvalue weighted by molar-refractivity contribution is 5.73. The van der Waals surface area contributed by atoms with Gasteiger partial charge in [-0.15, -0.1) is 0 Å². The van der Waals surface area contributed by atoms with Crippen molar-refractivity contribution >= 4 is 6.03 Å². The summed E-state index contributed by atoms with van der Waals surface area (Å²) in [6.45, 7) is 7.84. The highest BCUT2D eigenvalue weighted by atomic mass is 16.5. The van der Waals surface area contributed by atoms with Gasteiger partial charge in [0.1, 0.15) is 5.75 Å². The first-order valence-electron chi connectivity index (χ1n) is 6.36. The van der Waals surface area contributed by atoms with Crippen LogP contribution in [-0.4, -0.2) is 25.7 Å². The number of ether oxygens (including phenoxy) is 1. The first-order chi connectivity index (χ1) is 8.65. The summed E-state index contributed by atoms with van der Waals surface area (Å²) >= 11 is 0. The fraction of sp³-hybridized carbons (Fsp3) is 0.500. The van der Waals surface area contributed by atoms with Crippen LogP contribution in [0, 0.1) is 13.8 Å². The van der Waals surface area contributed by atoms with Crippen LogP contribution in [0.3, 0.4) is 0 Å². The molecule has 0 spiro atoms. The highest BCUT2D eigenvalue weighted by Crippen LogP contribution is 2.22. The second kappa shape index (κ2) is 7.58. The Morgan fingerprint density at radius 1 is 1.22 bits per heavy atom. The summed E-state index contributed by atoms with van der Waals surface area (Å²) in [6, 6.07) is 5.98. The Bertz CT molecular complexity index is 371. The molecule has 4 nitrogen and oxygen atoms in total. The molecule has 0 unspecified atom stereocenters. The Hall–Kier alpha value is -1.71. The fourth-order valence-electron chi connectivity index (χ4n) is 1.70. The van der Waals surface area contributed by atoms with E-state index >= 15 is 0 Å². The molecule has 0 aliphatic rings. The molecule has 4 heteroatoms. The molecular weight excluding hydrogens is 228 g/mol. The van der Waals surface area contributed by atoms with Crippen LogP contribution in [0.2, 0.25) is 0 Å². The Labute approximate surface area is 109 Å². The molecule has 0 fully saturated rings. The van der Waals surface area contributed by atoms with E-state index in [-0.39, 0.29) is 6.03 Å². The van der Waals surface area contributed by atoms with Crippen LogP contribution in [0.15, 0.2) is 18.2 Å². The summed E-state index contributed by atoms with van der Waals surface area (Å²) in [5.41, 5.74) is 2.29. The summed E-state index contributed by atoms with van der Waals surface area (Å²) < 4.78 is 5.74. The van der Waals surface area contributed by atoms with Crippen molar-refractivity contribution in [1.29, 1.82) is 0 Å². The van der Waals surface area contributed by atoms with Gasteiger partial charge in [0.15, 0.2) is 0 Å². The van der Waals surface area contributed by atoms with Crippen LogP contribution in [0.4, 0.5) is 4.79 Å². The molecule has 100 valence electrons. The summed E-state index contributed by atoms with van der Waals surface area (Å²) in [5, 5.41) is 5.45. The second-order valence-corrected chi connectivity index (χ2v) is 4.21. The van der Waals surface area contributed by atoms with Gasteiger partial charge in [0.05, 0.1) is 6.61 Å². The van der Waals surface area contributed by atoms with Gasteiger partial charge in [-0.05, 0) is 38.3 Å². The van der Waals surface area contributed by atoms with Gasteiger partial charge in [0.25, 0.3) is 0 Å². The number of carbonyl (C=O) groups is 1. The maximum atomic E-state index is 11.1. The predicted molar refractivity (Wildman–Crippen MR) is 73.1 cm³/mol. The van der Waals surface area contributed by atoms with Gasteiger partial charge in [0, 0.05) is 13.1 Å². The van der Waals surface area contributed by atoms with E-state index in [0.717, 1.165) is 23.3 Å². The third kappa shape index (κ3) is 4.65. The molecule has 0 saturated carbocycles. The number of amides is 2. The molecule has 0 aromatic heterocycles. The van der Waals surface area contributed by atoms with Gasteiger partial charge in [-0.1, -0.05) is 18.2 Å². The number of hydrogen-bond donors (Lipinski definition) is 2. The van der Waals surface area contributed by atoms with E-state index in [2.05, 4.69) is 10.6 Å². The lowest BCUT2D eigenvalue weighted by Crippen LogP contribution is -2.36. The number of hydrogen-bond acceptors (Lipinski definition) is 2. The molecule has 0 heterocycles. The lowest BCUT2D eigenvalue weighted by Gasteiger charge is -2.12. The zero-order valence-corrected chi connectivity index (χ0v) is 11.4. The molecule has 2 N–H and O–H groups in total. The average molecular weight is 250 g/mol. The summed E-state index contributed by atoms with van der Waals surface area (Å²) in [5.74, 6) is 0.954. The number of benzene rings is 1. The van der Waals surface area contributed by atoms with Gasteiger partial charge in [-0.3, -0.25) is 0 Å². The van der Waals surface area contributed by atoms with Crippen LogP contribution in [0.1, 0.15) is 24.5 Å². The quantitative estimate of drug-likeness (QED) is 0.762. The summed E-state index contributed by atoms with van der Waals surface area (Å²) in [4.78, 5) is 11.1. The molecule has 0 aliphatic heterocycles. The number of urea groups is 1. The molecule has 18 heavy (non-hydrogen) atoms. The monoisotopic (exact) mass is 250 g/mol. The van der Waals surface area contributed by atoms with Gasteiger partial charge in [0.2, 0.25) is 0 Å². The minimum atomic E-state index is -0.121. The number of para-hydroxylation sites is 1. The summed E-state index contributed by atoms with van der Waals surface area (Å²) in [6.07, 6.45) is 0.797. The van der Waals surface area contributed by atoms with Gasteiger partial charge >= 0.3 is 6.03 Å². The number of nitrogens with one attached hydrogen (secondary N) is 2. The van der Waals surface area contributed by atoms with Crippen molar-refractivity contribution in [2.75, 3.05) is 19.7 Å². The molecule has 1 aromatic carbocycles. The number of rotatable bonds is 6. The van der Waals surface area contributed by atoms with Crippen LogP contribution < -0.4 is 15.4 Å². The minimum Gasteiger partial charge on any atom is -0.493 e. The van der Waals surface area contributed by atoms with Crippen molar-refractivity contribution in [3.63, 3.8) is 0 Å². The molecule has 0 radical (unpaired) electrons. The smallest absolute Gasteiger partial charge is 0.314 e. The Balaban J connectivity index is 2.24. The molecule has 0 atom stereocenters. The van der Waals surface area contributed by atoms with Crippen molar-refractivity contribution in [2.24, 2.45) is 0 Å². The van der Waals surface area contributed by atoms with Crippen LogP contribution in [-0.2, 0) is 0 Å². The normalized spacial score (nSPS) is 9.94. The van der Waals surface area contributed by atoms with Crippen LogP contribution in [0.25, 0.3) is 0 Å². The predicted octanol–water partition coefficient (Wildman–Crippen LogP) is 2.39. The zero-order valence-electron chi connectivity index (χ0n) is 11.4. The van der Waals surface area contributed by atoms with E-state index < -0.39 is 0 Å². The molecule has 1 aromatic rings. The molecule has 2 amide bonds. The topological polar surface area (TPSA) is 50.4 Å². The zero-order chi connectivity index (χ0) is 13.4. The van der Waals surface area contributed by atoms with E-state index in [4.69, 9.17) is 4.74 Å². The molecule has 0 saturated heterocycles. The lowest BCUT2D eigenvalue weighted by atomic mass is 10.1. The van der Waals surface area contributed by atoms with E-state index in [9.17, 15) is 4.79 Å². The van der Waals surface area contributed by atoms with Crippen molar-refractivity contribution < 1.29 is 9.53 Å². The maximum absolute atomic E-state index is 11.1. The first kappa shape index (κ1) is 14.4. The molecule has 1 rings (SSSR count).